The Morgan fingerprint density at radius 3 is 2.59 bits per heavy atom. The Morgan fingerprint density at radius 2 is 2.06 bits per heavy atom. The summed E-state index contributed by atoms with van der Waals surface area (Å²) in [5, 5.41) is 2.75. The van der Waals surface area contributed by atoms with Crippen LogP contribution in [0.5, 0.6) is 0 Å². The summed E-state index contributed by atoms with van der Waals surface area (Å²) in [6, 6.07) is 4.20. The quantitative estimate of drug-likeness (QED) is 0.814. The maximum Gasteiger partial charge on any atom is 0.164 e. The van der Waals surface area contributed by atoms with Crippen LogP contribution in [0.15, 0.2) is 18.2 Å². The fourth-order valence-corrected chi connectivity index (χ4v) is 1.87. The highest BCUT2D eigenvalue weighted by molar-refractivity contribution is 7.90. The Bertz CT molecular complexity index is 526. The van der Waals surface area contributed by atoms with Gasteiger partial charge in [-0.2, -0.15) is 0 Å². The van der Waals surface area contributed by atoms with Crippen LogP contribution in [-0.2, 0) is 9.84 Å². The summed E-state index contributed by atoms with van der Waals surface area (Å²) in [6.07, 6.45) is 1.12. The summed E-state index contributed by atoms with van der Waals surface area (Å²) in [5.74, 6) is -1.08. The third kappa shape index (κ3) is 4.14. The summed E-state index contributed by atoms with van der Waals surface area (Å²) in [4.78, 5) is 11.2. The zero-order valence-electron chi connectivity index (χ0n) is 9.66. The molecular formula is C11H14FNO3S. The van der Waals surface area contributed by atoms with Crippen LogP contribution in [0.4, 0.5) is 10.1 Å². The van der Waals surface area contributed by atoms with Gasteiger partial charge in [0.2, 0.25) is 0 Å². The molecule has 1 aromatic carbocycles. The van der Waals surface area contributed by atoms with E-state index in [0.717, 1.165) is 6.26 Å². The van der Waals surface area contributed by atoms with Gasteiger partial charge in [0.25, 0.3) is 0 Å². The highest BCUT2D eigenvalue weighted by atomic mass is 32.2. The third-order valence-corrected chi connectivity index (χ3v) is 3.10. The van der Waals surface area contributed by atoms with E-state index in [9.17, 15) is 17.6 Å². The molecule has 0 unspecified atom stereocenters. The first kappa shape index (κ1) is 13.6. The molecule has 0 spiro atoms. The number of halogens is 1. The van der Waals surface area contributed by atoms with Gasteiger partial charge in [0.05, 0.1) is 11.3 Å². The second-order valence-corrected chi connectivity index (χ2v) is 6.03. The number of ketones is 1. The van der Waals surface area contributed by atoms with Crippen molar-refractivity contribution in [1.82, 2.24) is 0 Å². The minimum absolute atomic E-state index is 0.0407. The number of benzene rings is 1. The fraction of sp³-hybridized carbons (Fsp3) is 0.364. The molecule has 1 rings (SSSR count). The lowest BCUT2D eigenvalue weighted by Gasteiger charge is -2.10. The van der Waals surface area contributed by atoms with E-state index >= 15 is 0 Å². The van der Waals surface area contributed by atoms with Crippen LogP contribution in [0.1, 0.15) is 17.3 Å². The second kappa shape index (κ2) is 5.27. The number of carbonyl (C=O) groups excluding carboxylic acids is 1. The maximum atomic E-state index is 13.4. The Kier molecular flexibility index (Phi) is 4.22. The predicted octanol–water partition coefficient (Wildman–Crippen LogP) is 1.48. The van der Waals surface area contributed by atoms with E-state index in [1.165, 1.54) is 19.1 Å². The molecule has 0 radical (unpaired) electrons. The molecule has 1 aromatic rings. The van der Waals surface area contributed by atoms with Gasteiger partial charge >= 0.3 is 0 Å². The summed E-state index contributed by atoms with van der Waals surface area (Å²) >= 11 is 0. The monoisotopic (exact) mass is 259 g/mol. The van der Waals surface area contributed by atoms with Crippen LogP contribution in [0, 0.1) is 5.82 Å². The van der Waals surface area contributed by atoms with E-state index in [1.807, 2.05) is 0 Å². The lowest BCUT2D eigenvalue weighted by molar-refractivity contribution is 0.101. The minimum Gasteiger partial charge on any atom is -0.383 e. The van der Waals surface area contributed by atoms with Crippen molar-refractivity contribution < 1.29 is 17.6 Å². The van der Waals surface area contributed by atoms with Crippen molar-refractivity contribution in [3.63, 3.8) is 0 Å². The van der Waals surface area contributed by atoms with Gasteiger partial charge in [-0.25, -0.2) is 12.8 Å². The number of Topliss-reactive ketones (excluding diaryl/α,β-unsaturated/α-hetero) is 1. The van der Waals surface area contributed by atoms with Crippen molar-refractivity contribution in [1.29, 1.82) is 0 Å². The van der Waals surface area contributed by atoms with Crippen molar-refractivity contribution in [2.24, 2.45) is 0 Å². The summed E-state index contributed by atoms with van der Waals surface area (Å²) in [7, 11) is -3.08. The van der Waals surface area contributed by atoms with E-state index in [-0.39, 0.29) is 17.9 Å². The average Bonchev–Trinajstić information content (AvgIpc) is 2.14. The molecular weight excluding hydrogens is 245 g/mol. The highest BCUT2D eigenvalue weighted by Crippen LogP contribution is 2.19. The standard InChI is InChI=1S/C11H14FNO3S/c1-8(14)11-9(12)4-3-5-10(11)13-6-7-17(2,15)16/h3-5,13H,6-7H2,1-2H3. The van der Waals surface area contributed by atoms with E-state index in [1.54, 1.807) is 6.07 Å². The summed E-state index contributed by atoms with van der Waals surface area (Å²) in [5.41, 5.74) is 0.280. The first-order chi connectivity index (χ1) is 7.81. The van der Waals surface area contributed by atoms with Gasteiger partial charge in [-0.05, 0) is 19.1 Å². The lowest BCUT2D eigenvalue weighted by Crippen LogP contribution is -2.16. The van der Waals surface area contributed by atoms with Crippen molar-refractivity contribution in [3.8, 4) is 0 Å². The zero-order chi connectivity index (χ0) is 13.1. The molecule has 0 fully saturated rings. The van der Waals surface area contributed by atoms with Crippen LogP contribution in [0.25, 0.3) is 0 Å². The molecule has 0 amide bonds. The van der Waals surface area contributed by atoms with E-state index in [0.29, 0.717) is 5.69 Å². The molecule has 0 aromatic heterocycles. The molecule has 0 saturated carbocycles. The van der Waals surface area contributed by atoms with Gasteiger partial charge in [-0.1, -0.05) is 6.07 Å². The first-order valence-electron chi connectivity index (χ1n) is 5.02. The number of anilines is 1. The Morgan fingerprint density at radius 1 is 1.41 bits per heavy atom. The second-order valence-electron chi connectivity index (χ2n) is 3.78. The SMILES string of the molecule is CC(=O)c1c(F)cccc1NCCS(C)(=O)=O. The number of hydrogen-bond acceptors (Lipinski definition) is 4. The maximum absolute atomic E-state index is 13.4. The molecule has 0 aliphatic rings. The molecule has 94 valence electrons. The van der Waals surface area contributed by atoms with E-state index in [4.69, 9.17) is 0 Å². The number of hydrogen-bond donors (Lipinski definition) is 1. The molecule has 6 heteroatoms. The molecule has 0 aliphatic heterocycles. The molecule has 0 atom stereocenters. The predicted molar refractivity (Wildman–Crippen MR) is 64.6 cm³/mol. The van der Waals surface area contributed by atoms with E-state index in [2.05, 4.69) is 5.32 Å². The first-order valence-corrected chi connectivity index (χ1v) is 7.08. The van der Waals surface area contributed by atoms with E-state index < -0.39 is 21.4 Å². The Labute approximate surface area is 99.8 Å². The summed E-state index contributed by atoms with van der Waals surface area (Å²) in [6.45, 7) is 1.41. The van der Waals surface area contributed by atoms with Crippen molar-refractivity contribution >= 4 is 21.3 Å². The molecule has 0 bridgehead atoms. The number of rotatable bonds is 5. The molecule has 0 saturated heterocycles. The molecule has 17 heavy (non-hydrogen) atoms. The summed E-state index contributed by atoms with van der Waals surface area (Å²) < 4.78 is 35.2. The van der Waals surface area contributed by atoms with Gasteiger partial charge < -0.3 is 5.32 Å². The zero-order valence-corrected chi connectivity index (χ0v) is 10.5. The number of sulfone groups is 1. The van der Waals surface area contributed by atoms with Gasteiger partial charge in [0, 0.05) is 18.5 Å². The van der Waals surface area contributed by atoms with Crippen molar-refractivity contribution in [3.05, 3.63) is 29.6 Å². The molecule has 4 nitrogen and oxygen atoms in total. The van der Waals surface area contributed by atoms with Crippen LogP contribution < -0.4 is 5.32 Å². The fourth-order valence-electron chi connectivity index (χ4n) is 1.40. The van der Waals surface area contributed by atoms with Crippen LogP contribution in [0.2, 0.25) is 0 Å². The van der Waals surface area contributed by atoms with Gasteiger partial charge in [-0.3, -0.25) is 4.79 Å². The van der Waals surface area contributed by atoms with Gasteiger partial charge in [0.15, 0.2) is 5.78 Å². The van der Waals surface area contributed by atoms with Crippen LogP contribution in [0.3, 0.4) is 0 Å². The topological polar surface area (TPSA) is 63.2 Å². The van der Waals surface area contributed by atoms with Gasteiger partial charge in [-0.15, -0.1) is 0 Å². The molecule has 1 N–H and O–H groups in total. The average molecular weight is 259 g/mol. The minimum atomic E-state index is -3.08. The molecule has 0 aliphatic carbocycles. The highest BCUT2D eigenvalue weighted by Gasteiger charge is 2.12. The Hall–Kier alpha value is -1.43. The third-order valence-electron chi connectivity index (χ3n) is 2.15. The van der Waals surface area contributed by atoms with Crippen LogP contribution >= 0.6 is 0 Å². The van der Waals surface area contributed by atoms with Crippen molar-refractivity contribution in [2.75, 3.05) is 23.9 Å². The smallest absolute Gasteiger partial charge is 0.164 e. The Balaban J connectivity index is 2.85. The number of carbonyl (C=O) groups is 1. The normalized spacial score (nSPS) is 11.2. The lowest BCUT2D eigenvalue weighted by atomic mass is 10.1. The van der Waals surface area contributed by atoms with Crippen LogP contribution in [-0.4, -0.2) is 32.8 Å². The largest absolute Gasteiger partial charge is 0.383 e. The molecule has 0 heterocycles. The van der Waals surface area contributed by atoms with Gasteiger partial charge in [0.1, 0.15) is 15.7 Å². The van der Waals surface area contributed by atoms with Crippen molar-refractivity contribution in [2.45, 2.75) is 6.92 Å². The number of nitrogens with one attached hydrogen (secondary N) is 1.